The third-order valence-electron chi connectivity index (χ3n) is 5.02. The number of carboxylic acid groups (broad SMARTS) is 1. The van der Waals surface area contributed by atoms with E-state index in [1.54, 1.807) is 42.6 Å². The lowest BCUT2D eigenvalue weighted by Gasteiger charge is -2.07. The highest BCUT2D eigenvalue weighted by Gasteiger charge is 2.05. The van der Waals surface area contributed by atoms with Crippen molar-refractivity contribution < 1.29 is 19.5 Å². The molecule has 4 N–H and O–H groups in total. The van der Waals surface area contributed by atoms with Gasteiger partial charge in [0.25, 0.3) is 5.91 Å². The summed E-state index contributed by atoms with van der Waals surface area (Å²) in [5.74, 6) is -1.59. The zero-order valence-electron chi connectivity index (χ0n) is 19.8. The summed E-state index contributed by atoms with van der Waals surface area (Å²) in [6.45, 7) is 2.58. The van der Waals surface area contributed by atoms with E-state index in [0.29, 0.717) is 30.5 Å². The molecule has 9 nitrogen and oxygen atoms in total. The third-order valence-corrected chi connectivity index (χ3v) is 5.02. The minimum Gasteiger partial charge on any atom is -0.478 e. The average molecular weight is 486 g/mol. The zero-order chi connectivity index (χ0) is 25.8. The summed E-state index contributed by atoms with van der Waals surface area (Å²) in [7, 11) is 0. The van der Waals surface area contributed by atoms with Crippen molar-refractivity contribution in [3.8, 4) is 0 Å². The number of aromatic carboxylic acids is 1. The lowest BCUT2D eigenvalue weighted by Crippen LogP contribution is -2.18. The van der Waals surface area contributed by atoms with Gasteiger partial charge in [0.1, 0.15) is 0 Å². The molecule has 9 heteroatoms. The molecule has 0 bridgehead atoms. The highest BCUT2D eigenvalue weighted by molar-refractivity contribution is 5.95. The fraction of sp³-hybridized carbons (Fsp3) is 0.148. The summed E-state index contributed by atoms with van der Waals surface area (Å²) in [6, 6.07) is 20.9. The maximum Gasteiger partial charge on any atom is 0.335 e. The predicted molar refractivity (Wildman–Crippen MR) is 140 cm³/mol. The number of anilines is 1. The maximum absolute atomic E-state index is 12.3. The number of hydrogen-bond donors (Lipinski definition) is 4. The predicted octanol–water partition coefficient (Wildman–Crippen LogP) is 3.80. The SMILES string of the molecule is Cc1cccc(/C=N/NC(=O)CCCNc2ccc(C(=O)N/N=C/c3cccc(C(=O)O)c3)cc2)c1. The molecule has 0 aliphatic carbocycles. The van der Waals surface area contributed by atoms with Crippen LogP contribution in [0.15, 0.2) is 83.0 Å². The molecule has 3 rings (SSSR count). The van der Waals surface area contributed by atoms with E-state index in [4.69, 9.17) is 5.11 Å². The largest absolute Gasteiger partial charge is 0.478 e. The third kappa shape index (κ3) is 8.53. The fourth-order valence-electron chi connectivity index (χ4n) is 3.19. The standard InChI is InChI=1S/C27H27N5O4/c1-19-5-2-6-20(15-19)17-29-31-25(33)9-4-14-28-24-12-10-22(11-13-24)26(34)32-30-18-21-7-3-8-23(16-21)27(35)36/h2-3,5-8,10-13,15-18,28H,4,9,14H2,1H3,(H,31,33)(H,32,34)(H,35,36)/b29-17+,30-18+. The number of nitrogens with zero attached hydrogens (tertiary/aromatic N) is 2. The second-order valence-corrected chi connectivity index (χ2v) is 7.94. The lowest BCUT2D eigenvalue weighted by molar-refractivity contribution is -0.121. The van der Waals surface area contributed by atoms with Crippen molar-refractivity contribution in [2.24, 2.45) is 10.2 Å². The van der Waals surface area contributed by atoms with Gasteiger partial charge in [-0.05, 0) is 60.9 Å². The highest BCUT2D eigenvalue weighted by atomic mass is 16.4. The normalized spacial score (nSPS) is 10.9. The quantitative estimate of drug-likeness (QED) is 0.186. The van der Waals surface area contributed by atoms with Crippen LogP contribution in [0, 0.1) is 6.92 Å². The van der Waals surface area contributed by atoms with Gasteiger partial charge in [-0.25, -0.2) is 15.6 Å². The number of carboxylic acids is 1. The van der Waals surface area contributed by atoms with E-state index in [2.05, 4.69) is 26.4 Å². The Kier molecular flexibility index (Phi) is 9.46. The number of hydrogen-bond acceptors (Lipinski definition) is 6. The van der Waals surface area contributed by atoms with Crippen LogP contribution in [0.4, 0.5) is 5.69 Å². The monoisotopic (exact) mass is 485 g/mol. The lowest BCUT2D eigenvalue weighted by atomic mass is 10.1. The van der Waals surface area contributed by atoms with Crippen molar-refractivity contribution in [1.82, 2.24) is 10.9 Å². The molecular weight excluding hydrogens is 458 g/mol. The van der Waals surface area contributed by atoms with Crippen LogP contribution in [0.5, 0.6) is 0 Å². The zero-order valence-corrected chi connectivity index (χ0v) is 19.8. The Bertz CT molecular complexity index is 1270. The van der Waals surface area contributed by atoms with Crippen LogP contribution >= 0.6 is 0 Å². The highest BCUT2D eigenvalue weighted by Crippen LogP contribution is 2.10. The molecule has 3 aromatic carbocycles. The second kappa shape index (κ2) is 13.2. The van der Waals surface area contributed by atoms with Crippen molar-refractivity contribution in [1.29, 1.82) is 0 Å². The van der Waals surface area contributed by atoms with E-state index < -0.39 is 11.9 Å². The molecule has 0 aliphatic rings. The van der Waals surface area contributed by atoms with Crippen molar-refractivity contribution >= 4 is 35.9 Å². The van der Waals surface area contributed by atoms with Crippen LogP contribution in [0.3, 0.4) is 0 Å². The maximum atomic E-state index is 12.3. The number of rotatable bonds is 11. The summed E-state index contributed by atoms with van der Waals surface area (Å²) in [5, 5.41) is 20.1. The molecular formula is C27H27N5O4. The molecule has 0 saturated heterocycles. The first-order valence-electron chi connectivity index (χ1n) is 11.3. The Hall–Kier alpha value is -4.79. The first-order chi connectivity index (χ1) is 17.4. The van der Waals surface area contributed by atoms with Crippen LogP contribution in [0.25, 0.3) is 0 Å². The smallest absolute Gasteiger partial charge is 0.335 e. The number of nitrogens with one attached hydrogen (secondary N) is 3. The van der Waals surface area contributed by atoms with E-state index >= 15 is 0 Å². The Balaban J connectivity index is 1.36. The van der Waals surface area contributed by atoms with Gasteiger partial charge in [-0.1, -0.05) is 42.0 Å². The summed E-state index contributed by atoms with van der Waals surface area (Å²) < 4.78 is 0. The molecule has 0 radical (unpaired) electrons. The van der Waals surface area contributed by atoms with Crippen molar-refractivity contribution in [2.75, 3.05) is 11.9 Å². The topological polar surface area (TPSA) is 132 Å². The average Bonchev–Trinajstić information content (AvgIpc) is 2.87. The second-order valence-electron chi connectivity index (χ2n) is 7.94. The fourth-order valence-corrected chi connectivity index (χ4v) is 3.19. The number of benzene rings is 3. The van der Waals surface area contributed by atoms with Crippen LogP contribution < -0.4 is 16.2 Å². The van der Waals surface area contributed by atoms with Gasteiger partial charge in [-0.15, -0.1) is 0 Å². The van der Waals surface area contributed by atoms with Crippen LogP contribution in [-0.2, 0) is 4.79 Å². The van der Waals surface area contributed by atoms with Gasteiger partial charge in [0.05, 0.1) is 18.0 Å². The van der Waals surface area contributed by atoms with Gasteiger partial charge in [0.2, 0.25) is 5.91 Å². The Morgan fingerprint density at radius 1 is 0.833 bits per heavy atom. The Labute approximate surface area is 208 Å². The van der Waals surface area contributed by atoms with E-state index in [-0.39, 0.29) is 11.5 Å². The molecule has 2 amide bonds. The van der Waals surface area contributed by atoms with Crippen molar-refractivity contribution in [2.45, 2.75) is 19.8 Å². The summed E-state index contributed by atoms with van der Waals surface area (Å²) >= 11 is 0. The van der Waals surface area contributed by atoms with E-state index in [9.17, 15) is 14.4 Å². The molecule has 184 valence electrons. The first-order valence-corrected chi connectivity index (χ1v) is 11.3. The molecule has 0 aliphatic heterocycles. The summed E-state index contributed by atoms with van der Waals surface area (Å²) in [4.78, 5) is 35.2. The van der Waals surface area contributed by atoms with Gasteiger partial charge in [-0.2, -0.15) is 10.2 Å². The molecule has 0 unspecified atom stereocenters. The van der Waals surface area contributed by atoms with Gasteiger partial charge >= 0.3 is 5.97 Å². The number of hydrazone groups is 2. The van der Waals surface area contributed by atoms with Gasteiger partial charge in [0.15, 0.2) is 0 Å². The van der Waals surface area contributed by atoms with Crippen LogP contribution in [-0.4, -0.2) is 41.9 Å². The molecule has 0 heterocycles. The summed E-state index contributed by atoms with van der Waals surface area (Å²) in [6.07, 6.45) is 3.94. The van der Waals surface area contributed by atoms with E-state index in [0.717, 1.165) is 16.8 Å². The minimum absolute atomic E-state index is 0.139. The van der Waals surface area contributed by atoms with Gasteiger partial charge in [-0.3, -0.25) is 9.59 Å². The van der Waals surface area contributed by atoms with E-state index in [1.165, 1.54) is 18.3 Å². The number of carbonyl (C=O) groups excluding carboxylic acids is 2. The molecule has 0 saturated carbocycles. The van der Waals surface area contributed by atoms with Gasteiger partial charge < -0.3 is 10.4 Å². The molecule has 36 heavy (non-hydrogen) atoms. The number of carbonyl (C=O) groups is 3. The molecule has 3 aromatic rings. The van der Waals surface area contributed by atoms with Crippen LogP contribution in [0.2, 0.25) is 0 Å². The van der Waals surface area contributed by atoms with Crippen molar-refractivity contribution in [3.63, 3.8) is 0 Å². The number of amides is 2. The molecule has 0 atom stereocenters. The Morgan fingerprint density at radius 3 is 2.19 bits per heavy atom. The van der Waals surface area contributed by atoms with Crippen LogP contribution in [0.1, 0.15) is 50.2 Å². The number of aryl methyl sites for hydroxylation is 1. The molecule has 0 fully saturated rings. The molecule has 0 spiro atoms. The molecule has 0 aromatic heterocycles. The Morgan fingerprint density at radius 2 is 1.50 bits per heavy atom. The summed E-state index contributed by atoms with van der Waals surface area (Å²) in [5.41, 5.74) is 8.92. The van der Waals surface area contributed by atoms with Crippen molar-refractivity contribution in [3.05, 3.63) is 101 Å². The van der Waals surface area contributed by atoms with E-state index in [1.807, 2.05) is 31.2 Å². The first kappa shape index (κ1) is 25.8. The van der Waals surface area contributed by atoms with Gasteiger partial charge in [0, 0.05) is 24.2 Å². The minimum atomic E-state index is -1.03.